The van der Waals surface area contributed by atoms with Gasteiger partial charge in [0.05, 0.1) is 12.6 Å². The molecule has 0 bridgehead atoms. The van der Waals surface area contributed by atoms with Crippen LogP contribution in [0.4, 0.5) is 13.2 Å². The molecule has 1 N–H and O–H groups in total. The zero-order valence-electron chi connectivity index (χ0n) is 10.6. The Morgan fingerprint density at radius 2 is 1.95 bits per heavy atom. The summed E-state index contributed by atoms with van der Waals surface area (Å²) in [7, 11) is 0. The summed E-state index contributed by atoms with van der Waals surface area (Å²) >= 11 is 3.32. The Labute approximate surface area is 119 Å². The standard InChI is InChI=1S/C13H17BrF3NO/c1-2-18(9-13(15,16)17)8-7-12(19)10-5-3-4-6-11(10)14/h3-6,12,19H,2,7-9H2,1H3. The van der Waals surface area contributed by atoms with E-state index in [2.05, 4.69) is 15.9 Å². The lowest BCUT2D eigenvalue weighted by Gasteiger charge is -2.23. The molecule has 0 spiro atoms. The van der Waals surface area contributed by atoms with Crippen LogP contribution in [0.3, 0.4) is 0 Å². The maximum absolute atomic E-state index is 12.3. The first-order valence-corrected chi connectivity index (χ1v) is 6.84. The maximum Gasteiger partial charge on any atom is 0.401 e. The molecule has 2 nitrogen and oxygen atoms in total. The number of benzene rings is 1. The predicted octanol–water partition coefficient (Wildman–Crippen LogP) is 3.76. The third kappa shape index (κ3) is 5.93. The molecule has 0 aliphatic carbocycles. The second kappa shape index (κ2) is 7.26. The normalized spacial score (nSPS) is 13.8. The molecular formula is C13H17BrF3NO. The fraction of sp³-hybridized carbons (Fsp3) is 0.538. The Morgan fingerprint density at radius 3 is 2.47 bits per heavy atom. The summed E-state index contributed by atoms with van der Waals surface area (Å²) in [6.07, 6.45) is -4.70. The van der Waals surface area contributed by atoms with Gasteiger partial charge in [0.25, 0.3) is 0 Å². The van der Waals surface area contributed by atoms with Crippen LogP contribution in [0.2, 0.25) is 0 Å². The number of nitrogens with zero attached hydrogens (tertiary/aromatic N) is 1. The Bertz CT molecular complexity index is 398. The topological polar surface area (TPSA) is 23.5 Å². The third-order valence-electron chi connectivity index (χ3n) is 2.83. The lowest BCUT2D eigenvalue weighted by molar-refractivity contribution is -0.146. The molecule has 1 aromatic carbocycles. The van der Waals surface area contributed by atoms with Crippen LogP contribution in [0.5, 0.6) is 0 Å². The Kier molecular flexibility index (Phi) is 6.29. The monoisotopic (exact) mass is 339 g/mol. The van der Waals surface area contributed by atoms with Crippen molar-refractivity contribution in [1.29, 1.82) is 0 Å². The maximum atomic E-state index is 12.3. The lowest BCUT2D eigenvalue weighted by atomic mass is 10.1. The zero-order valence-corrected chi connectivity index (χ0v) is 12.2. The van der Waals surface area contributed by atoms with Crippen molar-refractivity contribution in [2.24, 2.45) is 0 Å². The first kappa shape index (κ1) is 16.5. The molecule has 108 valence electrons. The van der Waals surface area contributed by atoms with Gasteiger partial charge in [-0.1, -0.05) is 41.1 Å². The van der Waals surface area contributed by atoms with Crippen molar-refractivity contribution in [2.75, 3.05) is 19.6 Å². The van der Waals surface area contributed by atoms with Crippen LogP contribution in [-0.4, -0.2) is 35.8 Å². The van der Waals surface area contributed by atoms with E-state index in [-0.39, 0.29) is 13.0 Å². The van der Waals surface area contributed by atoms with Crippen LogP contribution in [0.15, 0.2) is 28.7 Å². The fourth-order valence-electron chi connectivity index (χ4n) is 1.81. The van der Waals surface area contributed by atoms with Crippen molar-refractivity contribution in [3.63, 3.8) is 0 Å². The molecule has 1 atom stereocenters. The highest BCUT2D eigenvalue weighted by molar-refractivity contribution is 9.10. The molecule has 0 amide bonds. The molecule has 0 radical (unpaired) electrons. The van der Waals surface area contributed by atoms with Gasteiger partial charge in [0, 0.05) is 11.0 Å². The summed E-state index contributed by atoms with van der Waals surface area (Å²) in [5.41, 5.74) is 0.700. The number of rotatable bonds is 6. The fourth-order valence-corrected chi connectivity index (χ4v) is 2.36. The highest BCUT2D eigenvalue weighted by Crippen LogP contribution is 2.26. The van der Waals surface area contributed by atoms with Gasteiger partial charge >= 0.3 is 6.18 Å². The van der Waals surface area contributed by atoms with Gasteiger partial charge in [-0.3, -0.25) is 4.90 Å². The second-order valence-corrected chi connectivity index (χ2v) is 5.16. The minimum absolute atomic E-state index is 0.207. The van der Waals surface area contributed by atoms with Gasteiger partial charge in [0.2, 0.25) is 0 Å². The molecule has 1 aromatic rings. The van der Waals surface area contributed by atoms with E-state index in [0.29, 0.717) is 12.1 Å². The van der Waals surface area contributed by atoms with Crippen LogP contribution >= 0.6 is 15.9 Å². The van der Waals surface area contributed by atoms with Gasteiger partial charge < -0.3 is 5.11 Å². The second-order valence-electron chi connectivity index (χ2n) is 4.31. The van der Waals surface area contributed by atoms with Gasteiger partial charge in [-0.05, 0) is 24.6 Å². The van der Waals surface area contributed by atoms with E-state index in [0.717, 1.165) is 4.47 Å². The highest BCUT2D eigenvalue weighted by atomic mass is 79.9. The molecule has 0 fully saturated rings. The quantitative estimate of drug-likeness (QED) is 0.853. The van der Waals surface area contributed by atoms with E-state index in [1.54, 1.807) is 25.1 Å². The number of aliphatic hydroxyl groups is 1. The smallest absolute Gasteiger partial charge is 0.388 e. The number of halogens is 4. The van der Waals surface area contributed by atoms with E-state index in [1.165, 1.54) is 4.90 Å². The summed E-state index contributed by atoms with van der Waals surface area (Å²) in [4.78, 5) is 1.28. The van der Waals surface area contributed by atoms with Crippen molar-refractivity contribution in [2.45, 2.75) is 25.6 Å². The molecule has 1 unspecified atom stereocenters. The summed E-state index contributed by atoms with van der Waals surface area (Å²) < 4.78 is 37.6. The summed E-state index contributed by atoms with van der Waals surface area (Å²) in [5, 5.41) is 10.0. The summed E-state index contributed by atoms with van der Waals surface area (Å²) in [5.74, 6) is 0. The van der Waals surface area contributed by atoms with Crippen LogP contribution < -0.4 is 0 Å². The van der Waals surface area contributed by atoms with Crippen molar-refractivity contribution in [3.05, 3.63) is 34.3 Å². The van der Waals surface area contributed by atoms with Crippen LogP contribution in [0, 0.1) is 0 Å². The largest absolute Gasteiger partial charge is 0.401 e. The van der Waals surface area contributed by atoms with Gasteiger partial charge in [-0.25, -0.2) is 0 Å². The van der Waals surface area contributed by atoms with Gasteiger partial charge in [0.15, 0.2) is 0 Å². The number of hydrogen-bond donors (Lipinski definition) is 1. The predicted molar refractivity (Wildman–Crippen MR) is 71.9 cm³/mol. The SMILES string of the molecule is CCN(CCC(O)c1ccccc1Br)CC(F)(F)F. The Hall–Kier alpha value is -0.590. The van der Waals surface area contributed by atoms with E-state index in [1.807, 2.05) is 6.07 Å². The zero-order chi connectivity index (χ0) is 14.5. The molecule has 0 saturated carbocycles. The first-order valence-electron chi connectivity index (χ1n) is 6.05. The van der Waals surface area contributed by atoms with Crippen LogP contribution in [0.25, 0.3) is 0 Å². The molecule has 6 heteroatoms. The van der Waals surface area contributed by atoms with Crippen LogP contribution in [0.1, 0.15) is 25.0 Å². The first-order chi connectivity index (χ1) is 8.83. The average Bonchev–Trinajstić information content (AvgIpc) is 2.33. The van der Waals surface area contributed by atoms with E-state index < -0.39 is 18.8 Å². The van der Waals surface area contributed by atoms with E-state index in [9.17, 15) is 18.3 Å². The van der Waals surface area contributed by atoms with Crippen molar-refractivity contribution in [3.8, 4) is 0 Å². The molecule has 0 saturated heterocycles. The molecule has 0 aliphatic rings. The van der Waals surface area contributed by atoms with Crippen molar-refractivity contribution < 1.29 is 18.3 Å². The third-order valence-corrected chi connectivity index (χ3v) is 3.56. The van der Waals surface area contributed by atoms with E-state index in [4.69, 9.17) is 0 Å². The molecule has 19 heavy (non-hydrogen) atoms. The number of aliphatic hydroxyl groups excluding tert-OH is 1. The molecule has 1 rings (SSSR count). The average molecular weight is 340 g/mol. The van der Waals surface area contributed by atoms with Gasteiger partial charge in [-0.2, -0.15) is 13.2 Å². The van der Waals surface area contributed by atoms with Crippen molar-refractivity contribution >= 4 is 15.9 Å². The number of alkyl halides is 3. The summed E-state index contributed by atoms with van der Waals surface area (Å²) in [6.45, 7) is 1.25. The molecule has 0 aromatic heterocycles. The molecular weight excluding hydrogens is 323 g/mol. The van der Waals surface area contributed by atoms with Gasteiger partial charge in [-0.15, -0.1) is 0 Å². The molecule has 0 heterocycles. The number of hydrogen-bond acceptors (Lipinski definition) is 2. The highest BCUT2D eigenvalue weighted by Gasteiger charge is 2.30. The Morgan fingerprint density at radius 1 is 1.32 bits per heavy atom. The minimum atomic E-state index is -4.20. The lowest BCUT2D eigenvalue weighted by Crippen LogP contribution is -2.35. The minimum Gasteiger partial charge on any atom is -0.388 e. The molecule has 0 aliphatic heterocycles. The van der Waals surface area contributed by atoms with E-state index >= 15 is 0 Å². The summed E-state index contributed by atoms with van der Waals surface area (Å²) in [6, 6.07) is 7.17. The Balaban J connectivity index is 2.53. The van der Waals surface area contributed by atoms with Crippen molar-refractivity contribution in [1.82, 2.24) is 4.90 Å². The van der Waals surface area contributed by atoms with Crippen LogP contribution in [-0.2, 0) is 0 Å². The van der Waals surface area contributed by atoms with Gasteiger partial charge in [0.1, 0.15) is 0 Å².